The van der Waals surface area contributed by atoms with Crippen molar-refractivity contribution in [3.8, 4) is 11.5 Å². The van der Waals surface area contributed by atoms with Crippen LogP contribution < -0.4 is 10.2 Å². The highest BCUT2D eigenvalue weighted by atomic mass is 79.9. The zero-order valence-electron chi connectivity index (χ0n) is 10.6. The molecule has 1 aromatic carbocycles. The summed E-state index contributed by atoms with van der Waals surface area (Å²) >= 11 is 3.24. The number of aromatic amines is 1. The molecular formula is C13H12BrN3O3. The van der Waals surface area contributed by atoms with E-state index in [1.807, 2.05) is 0 Å². The Bertz CT molecular complexity index is 652. The molecule has 20 heavy (non-hydrogen) atoms. The molecule has 1 amide bonds. The van der Waals surface area contributed by atoms with E-state index in [0.29, 0.717) is 17.0 Å². The van der Waals surface area contributed by atoms with E-state index >= 15 is 0 Å². The topological polar surface area (TPSA) is 86.7 Å². The van der Waals surface area contributed by atoms with Gasteiger partial charge in [-0.15, -0.1) is 0 Å². The van der Waals surface area contributed by atoms with Crippen LogP contribution in [0.1, 0.15) is 16.1 Å². The molecule has 0 saturated carbocycles. The van der Waals surface area contributed by atoms with Crippen LogP contribution >= 0.6 is 15.9 Å². The smallest absolute Gasteiger partial charge is 0.287 e. The van der Waals surface area contributed by atoms with E-state index in [1.54, 1.807) is 24.4 Å². The largest absolute Gasteiger partial charge is 0.504 e. The van der Waals surface area contributed by atoms with Gasteiger partial charge in [-0.3, -0.25) is 4.79 Å². The SMILES string of the molecule is COc1cc(/C=N/NC(=O)c2cc(Br)c[nH]2)ccc1O. The second kappa shape index (κ2) is 6.25. The van der Waals surface area contributed by atoms with Crippen molar-refractivity contribution >= 4 is 28.1 Å². The maximum absolute atomic E-state index is 11.7. The molecule has 6 nitrogen and oxygen atoms in total. The van der Waals surface area contributed by atoms with Crippen LogP contribution in [0.15, 0.2) is 40.0 Å². The van der Waals surface area contributed by atoms with Crippen molar-refractivity contribution in [1.29, 1.82) is 0 Å². The predicted molar refractivity (Wildman–Crippen MR) is 78.2 cm³/mol. The van der Waals surface area contributed by atoms with E-state index in [0.717, 1.165) is 4.47 Å². The Morgan fingerprint density at radius 1 is 1.50 bits per heavy atom. The average Bonchev–Trinajstić information content (AvgIpc) is 2.87. The van der Waals surface area contributed by atoms with Crippen LogP contribution in [0.5, 0.6) is 11.5 Å². The minimum absolute atomic E-state index is 0.0462. The van der Waals surface area contributed by atoms with Gasteiger partial charge in [0.1, 0.15) is 5.69 Å². The Balaban J connectivity index is 2.01. The molecule has 0 spiro atoms. The number of phenolic OH excluding ortho intramolecular Hbond substituents is 1. The number of aromatic nitrogens is 1. The first-order chi connectivity index (χ1) is 9.60. The molecule has 0 bridgehead atoms. The molecule has 0 radical (unpaired) electrons. The molecule has 0 fully saturated rings. The number of nitrogens with one attached hydrogen (secondary N) is 2. The maximum atomic E-state index is 11.7. The highest BCUT2D eigenvalue weighted by molar-refractivity contribution is 9.10. The molecule has 104 valence electrons. The van der Waals surface area contributed by atoms with E-state index in [1.165, 1.54) is 19.4 Å². The summed E-state index contributed by atoms with van der Waals surface area (Å²) in [5, 5.41) is 13.3. The third kappa shape index (κ3) is 3.39. The van der Waals surface area contributed by atoms with Gasteiger partial charge in [0.15, 0.2) is 11.5 Å². The molecule has 7 heteroatoms. The molecule has 1 aromatic heterocycles. The van der Waals surface area contributed by atoms with Crippen LogP contribution in [-0.2, 0) is 0 Å². The van der Waals surface area contributed by atoms with E-state index in [9.17, 15) is 9.90 Å². The normalized spacial score (nSPS) is 10.7. The van der Waals surface area contributed by atoms with Crippen molar-refractivity contribution < 1.29 is 14.6 Å². The minimum Gasteiger partial charge on any atom is -0.504 e. The number of H-pyrrole nitrogens is 1. The lowest BCUT2D eigenvalue weighted by Gasteiger charge is -2.03. The first kappa shape index (κ1) is 14.1. The zero-order valence-corrected chi connectivity index (χ0v) is 12.1. The summed E-state index contributed by atoms with van der Waals surface area (Å²) in [4.78, 5) is 14.5. The number of aromatic hydroxyl groups is 1. The predicted octanol–water partition coefficient (Wildman–Crippen LogP) is 2.26. The fourth-order valence-electron chi connectivity index (χ4n) is 1.50. The van der Waals surface area contributed by atoms with Crippen LogP contribution in [0.3, 0.4) is 0 Å². The van der Waals surface area contributed by atoms with Crippen LogP contribution in [-0.4, -0.2) is 29.3 Å². The number of phenols is 1. The van der Waals surface area contributed by atoms with E-state index < -0.39 is 0 Å². The van der Waals surface area contributed by atoms with Crippen molar-refractivity contribution in [2.75, 3.05) is 7.11 Å². The number of benzene rings is 1. The van der Waals surface area contributed by atoms with Gasteiger partial charge in [-0.25, -0.2) is 5.43 Å². The quantitative estimate of drug-likeness (QED) is 0.590. The second-order valence-electron chi connectivity index (χ2n) is 3.86. The lowest BCUT2D eigenvalue weighted by Crippen LogP contribution is -2.17. The van der Waals surface area contributed by atoms with Crippen molar-refractivity contribution in [2.45, 2.75) is 0 Å². The molecule has 0 atom stereocenters. The molecule has 0 aliphatic carbocycles. The minimum atomic E-state index is -0.349. The van der Waals surface area contributed by atoms with Gasteiger partial charge in [0, 0.05) is 10.7 Å². The fourth-order valence-corrected chi connectivity index (χ4v) is 1.84. The highest BCUT2D eigenvalue weighted by Gasteiger charge is 2.06. The molecule has 2 aromatic rings. The van der Waals surface area contributed by atoms with E-state index in [2.05, 4.69) is 31.4 Å². The number of carbonyl (C=O) groups is 1. The molecule has 0 unspecified atom stereocenters. The standard InChI is InChI=1S/C13H12BrN3O3/c1-20-12-4-8(2-3-11(12)18)6-16-17-13(19)10-5-9(14)7-15-10/h2-7,15,18H,1H3,(H,17,19)/b16-6+. The Kier molecular flexibility index (Phi) is 4.41. The number of amides is 1. The maximum Gasteiger partial charge on any atom is 0.287 e. The first-order valence-electron chi connectivity index (χ1n) is 5.64. The summed E-state index contributed by atoms with van der Waals surface area (Å²) in [5.74, 6) is 0.0381. The number of hydrazone groups is 1. The van der Waals surface area contributed by atoms with Gasteiger partial charge < -0.3 is 14.8 Å². The van der Waals surface area contributed by atoms with Crippen LogP contribution in [0.2, 0.25) is 0 Å². The van der Waals surface area contributed by atoms with Crippen LogP contribution in [0.25, 0.3) is 0 Å². The van der Waals surface area contributed by atoms with Gasteiger partial charge in [0.25, 0.3) is 5.91 Å². The van der Waals surface area contributed by atoms with Gasteiger partial charge in [0.2, 0.25) is 0 Å². The second-order valence-corrected chi connectivity index (χ2v) is 4.78. The lowest BCUT2D eigenvalue weighted by molar-refractivity contribution is 0.0951. The monoisotopic (exact) mass is 337 g/mol. The summed E-state index contributed by atoms with van der Waals surface area (Å²) in [5.41, 5.74) is 3.48. The van der Waals surface area contributed by atoms with Crippen molar-refractivity contribution in [3.05, 3.63) is 46.2 Å². The summed E-state index contributed by atoms with van der Waals surface area (Å²) in [7, 11) is 1.46. The molecule has 3 N–H and O–H groups in total. The van der Waals surface area contributed by atoms with Gasteiger partial charge in [0.05, 0.1) is 13.3 Å². The Labute approximate surface area is 123 Å². The Morgan fingerprint density at radius 3 is 2.95 bits per heavy atom. The van der Waals surface area contributed by atoms with Crippen molar-refractivity contribution in [3.63, 3.8) is 0 Å². The number of rotatable bonds is 4. The van der Waals surface area contributed by atoms with E-state index in [4.69, 9.17) is 4.74 Å². The molecule has 1 heterocycles. The van der Waals surface area contributed by atoms with Gasteiger partial charge in [-0.1, -0.05) is 0 Å². The zero-order chi connectivity index (χ0) is 14.5. The summed E-state index contributed by atoms with van der Waals surface area (Å²) < 4.78 is 5.76. The van der Waals surface area contributed by atoms with E-state index in [-0.39, 0.29) is 11.7 Å². The number of nitrogens with zero attached hydrogens (tertiary/aromatic N) is 1. The number of ether oxygens (including phenoxy) is 1. The van der Waals surface area contributed by atoms with Gasteiger partial charge >= 0.3 is 0 Å². The summed E-state index contributed by atoms with van der Waals surface area (Å²) in [6, 6.07) is 6.40. The number of halogens is 1. The van der Waals surface area contributed by atoms with Crippen molar-refractivity contribution in [1.82, 2.24) is 10.4 Å². The molecule has 0 aliphatic rings. The number of methoxy groups -OCH3 is 1. The van der Waals surface area contributed by atoms with Gasteiger partial charge in [-0.2, -0.15) is 5.10 Å². The third-order valence-corrected chi connectivity index (χ3v) is 2.93. The fraction of sp³-hybridized carbons (Fsp3) is 0.0769. The van der Waals surface area contributed by atoms with Crippen LogP contribution in [0, 0.1) is 0 Å². The number of hydrogen-bond acceptors (Lipinski definition) is 4. The van der Waals surface area contributed by atoms with Crippen LogP contribution in [0.4, 0.5) is 0 Å². The lowest BCUT2D eigenvalue weighted by atomic mass is 10.2. The Morgan fingerprint density at radius 2 is 2.30 bits per heavy atom. The highest BCUT2D eigenvalue weighted by Crippen LogP contribution is 2.25. The molecular weight excluding hydrogens is 326 g/mol. The van der Waals surface area contributed by atoms with Crippen molar-refractivity contribution in [2.24, 2.45) is 5.10 Å². The Hall–Kier alpha value is -2.28. The first-order valence-corrected chi connectivity index (χ1v) is 6.44. The molecule has 0 aliphatic heterocycles. The summed E-state index contributed by atoms with van der Waals surface area (Å²) in [6.45, 7) is 0. The third-order valence-electron chi connectivity index (χ3n) is 2.48. The molecule has 0 saturated heterocycles. The van der Waals surface area contributed by atoms with Gasteiger partial charge in [-0.05, 0) is 45.8 Å². The molecule has 2 rings (SSSR count). The number of hydrogen-bond donors (Lipinski definition) is 3. The average molecular weight is 338 g/mol. The number of carbonyl (C=O) groups excluding carboxylic acids is 1. The summed E-state index contributed by atoms with van der Waals surface area (Å²) in [6.07, 6.45) is 3.11.